The lowest BCUT2D eigenvalue weighted by Crippen LogP contribution is -2.32. The van der Waals surface area contributed by atoms with Gasteiger partial charge in [0.15, 0.2) is 5.82 Å². The van der Waals surface area contributed by atoms with Gasteiger partial charge in [0.25, 0.3) is 5.91 Å². The molecule has 2 aromatic carbocycles. The fourth-order valence-electron chi connectivity index (χ4n) is 4.20. The lowest BCUT2D eigenvalue weighted by atomic mass is 9.93. The summed E-state index contributed by atoms with van der Waals surface area (Å²) in [5.74, 6) is -0.828. The van der Waals surface area contributed by atoms with Crippen LogP contribution in [0, 0.1) is 6.92 Å². The van der Waals surface area contributed by atoms with Gasteiger partial charge in [-0.05, 0) is 43.2 Å². The molecular formula is C26H25BrClN3O4. The molecule has 0 fully saturated rings. The van der Waals surface area contributed by atoms with Crippen molar-refractivity contribution in [2.45, 2.75) is 25.7 Å². The van der Waals surface area contributed by atoms with Gasteiger partial charge in [0.05, 0.1) is 24.2 Å². The molecule has 0 bridgehead atoms. The van der Waals surface area contributed by atoms with Gasteiger partial charge in [0.1, 0.15) is 0 Å². The number of carboxylic acid groups (broad SMARTS) is 1. The Bertz CT molecular complexity index is 1300. The predicted molar refractivity (Wildman–Crippen MR) is 140 cm³/mol. The lowest BCUT2D eigenvalue weighted by Gasteiger charge is -2.26. The number of aromatic nitrogens is 1. The Balaban J connectivity index is 1.68. The Morgan fingerprint density at radius 3 is 2.77 bits per heavy atom. The molecule has 0 radical (unpaired) electrons. The highest BCUT2D eigenvalue weighted by atomic mass is 79.9. The third-order valence-electron chi connectivity index (χ3n) is 5.95. The third-order valence-corrected chi connectivity index (χ3v) is 6.79. The molecule has 2 heterocycles. The van der Waals surface area contributed by atoms with Crippen LogP contribution in [0.1, 0.15) is 40.2 Å². The molecule has 2 N–H and O–H groups in total. The number of nitrogens with one attached hydrogen (secondary N) is 1. The number of pyridine rings is 1. The van der Waals surface area contributed by atoms with Crippen LogP contribution < -0.4 is 10.4 Å². The topological polar surface area (TPSA) is 91.8 Å². The maximum absolute atomic E-state index is 13.6. The van der Waals surface area contributed by atoms with Crippen molar-refractivity contribution in [3.05, 3.63) is 80.8 Å². The molecule has 1 aliphatic heterocycles. The second-order valence-corrected chi connectivity index (χ2v) is 9.61. The van der Waals surface area contributed by atoms with Crippen molar-refractivity contribution in [1.29, 1.82) is 0 Å². The summed E-state index contributed by atoms with van der Waals surface area (Å²) >= 11 is 9.89. The Hall–Kier alpha value is -2.94. The van der Waals surface area contributed by atoms with Gasteiger partial charge in [0.2, 0.25) is 0 Å². The van der Waals surface area contributed by atoms with E-state index in [4.69, 9.17) is 21.4 Å². The molecule has 35 heavy (non-hydrogen) atoms. The van der Waals surface area contributed by atoms with Gasteiger partial charge in [-0.15, -0.1) is 0 Å². The quantitative estimate of drug-likeness (QED) is 0.348. The molecule has 1 aliphatic rings. The van der Waals surface area contributed by atoms with Crippen LogP contribution in [0.5, 0.6) is 0 Å². The second kappa shape index (κ2) is 11.2. The number of amides is 1. The zero-order valence-electron chi connectivity index (χ0n) is 19.1. The summed E-state index contributed by atoms with van der Waals surface area (Å²) in [6, 6.07) is 12.9. The van der Waals surface area contributed by atoms with Crippen LogP contribution in [0.2, 0.25) is 5.02 Å². The van der Waals surface area contributed by atoms with E-state index in [1.54, 1.807) is 11.1 Å². The molecule has 0 saturated heterocycles. The number of hydrogen-bond acceptors (Lipinski definition) is 5. The fourth-order valence-corrected chi connectivity index (χ4v) is 4.85. The van der Waals surface area contributed by atoms with Gasteiger partial charge < -0.3 is 10.4 Å². The van der Waals surface area contributed by atoms with E-state index in [0.29, 0.717) is 52.4 Å². The van der Waals surface area contributed by atoms with Gasteiger partial charge in [-0.25, -0.2) is 10.0 Å². The highest BCUT2D eigenvalue weighted by molar-refractivity contribution is 9.10. The van der Waals surface area contributed by atoms with Crippen LogP contribution in [-0.2, 0) is 9.63 Å². The standard InChI is InChI=1S/C26H25BrClN3O4/c1-16-24(20-14-18(27)9-10-22(20)30-25(16)31-12-4-5-13-35-31)26(34)29-15-17(8-11-23(32)33)19-6-2-3-7-21(19)28/h2-7,9-10,14,17H,8,11-13,15H2,1H3,(H,29,34)(H,32,33). The van der Waals surface area contributed by atoms with Crippen molar-refractivity contribution in [3.63, 3.8) is 0 Å². The number of aliphatic carboxylic acids is 1. The summed E-state index contributed by atoms with van der Waals surface area (Å²) in [4.78, 5) is 35.4. The average Bonchev–Trinajstić information content (AvgIpc) is 2.84. The van der Waals surface area contributed by atoms with Gasteiger partial charge in [-0.1, -0.05) is 57.9 Å². The van der Waals surface area contributed by atoms with E-state index in [1.807, 2.05) is 55.5 Å². The van der Waals surface area contributed by atoms with E-state index in [9.17, 15) is 14.7 Å². The summed E-state index contributed by atoms with van der Waals surface area (Å²) < 4.78 is 0.834. The van der Waals surface area contributed by atoms with Crippen molar-refractivity contribution in [2.24, 2.45) is 0 Å². The normalized spacial score (nSPS) is 14.2. The first kappa shape index (κ1) is 25.2. The van der Waals surface area contributed by atoms with E-state index in [2.05, 4.69) is 21.2 Å². The minimum absolute atomic E-state index is 0.0279. The number of carbonyl (C=O) groups excluding carboxylic acids is 1. The van der Waals surface area contributed by atoms with Crippen molar-refractivity contribution >= 4 is 56.1 Å². The Kier molecular flexibility index (Phi) is 8.05. The third kappa shape index (κ3) is 5.83. The molecule has 3 aromatic rings. The monoisotopic (exact) mass is 557 g/mol. The molecule has 7 nitrogen and oxygen atoms in total. The maximum Gasteiger partial charge on any atom is 0.303 e. The van der Waals surface area contributed by atoms with Crippen LogP contribution in [0.15, 0.2) is 59.1 Å². The highest BCUT2D eigenvalue weighted by Crippen LogP contribution is 2.32. The number of benzene rings is 2. The van der Waals surface area contributed by atoms with Crippen molar-refractivity contribution in [1.82, 2.24) is 10.3 Å². The minimum atomic E-state index is -0.894. The molecule has 182 valence electrons. The van der Waals surface area contributed by atoms with Crippen molar-refractivity contribution < 1.29 is 19.5 Å². The molecule has 0 aliphatic carbocycles. The Labute approximate surface area is 216 Å². The van der Waals surface area contributed by atoms with Gasteiger partial charge in [-0.2, -0.15) is 0 Å². The highest BCUT2D eigenvalue weighted by Gasteiger charge is 2.24. The molecular weight excluding hydrogens is 534 g/mol. The molecule has 1 unspecified atom stereocenters. The number of halogens is 2. The number of carbonyl (C=O) groups is 2. The lowest BCUT2D eigenvalue weighted by molar-refractivity contribution is -0.137. The number of nitrogens with zero attached hydrogens (tertiary/aromatic N) is 2. The molecule has 9 heteroatoms. The minimum Gasteiger partial charge on any atom is -0.481 e. The first-order valence-corrected chi connectivity index (χ1v) is 12.4. The Morgan fingerprint density at radius 2 is 2.06 bits per heavy atom. The molecule has 0 spiro atoms. The van der Waals surface area contributed by atoms with Gasteiger partial charge in [0, 0.05) is 39.3 Å². The Morgan fingerprint density at radius 1 is 1.26 bits per heavy atom. The molecule has 4 rings (SSSR count). The summed E-state index contributed by atoms with van der Waals surface area (Å²) in [5, 5.41) is 15.2. The van der Waals surface area contributed by atoms with E-state index in [1.165, 1.54) is 0 Å². The van der Waals surface area contributed by atoms with Crippen LogP contribution in [0.3, 0.4) is 0 Å². The second-order valence-electron chi connectivity index (χ2n) is 8.29. The molecule has 0 saturated carbocycles. The predicted octanol–water partition coefficient (Wildman–Crippen LogP) is 5.65. The average molecular weight is 559 g/mol. The van der Waals surface area contributed by atoms with E-state index in [-0.39, 0.29) is 24.8 Å². The van der Waals surface area contributed by atoms with Crippen LogP contribution >= 0.6 is 27.5 Å². The van der Waals surface area contributed by atoms with Crippen LogP contribution in [0.4, 0.5) is 5.82 Å². The summed E-state index contributed by atoms with van der Waals surface area (Å²) in [5.41, 5.74) is 2.68. The smallest absolute Gasteiger partial charge is 0.303 e. The van der Waals surface area contributed by atoms with Crippen LogP contribution in [0.25, 0.3) is 10.9 Å². The number of hydroxylamine groups is 1. The number of carboxylic acids is 1. The zero-order chi connectivity index (χ0) is 24.9. The fraction of sp³-hybridized carbons (Fsp3) is 0.269. The van der Waals surface area contributed by atoms with E-state index >= 15 is 0 Å². The summed E-state index contributed by atoms with van der Waals surface area (Å²) in [6.07, 6.45) is 4.25. The largest absolute Gasteiger partial charge is 0.481 e. The first-order chi connectivity index (χ1) is 16.8. The molecule has 1 amide bonds. The van der Waals surface area contributed by atoms with Crippen LogP contribution in [-0.4, -0.2) is 41.7 Å². The number of anilines is 1. The van der Waals surface area contributed by atoms with E-state index in [0.717, 1.165) is 10.0 Å². The zero-order valence-corrected chi connectivity index (χ0v) is 21.5. The number of rotatable bonds is 8. The summed E-state index contributed by atoms with van der Waals surface area (Å²) in [7, 11) is 0. The van der Waals surface area contributed by atoms with Gasteiger partial charge >= 0.3 is 5.97 Å². The number of hydrogen-bond donors (Lipinski definition) is 2. The summed E-state index contributed by atoms with van der Waals surface area (Å²) in [6.45, 7) is 3.06. The van der Waals surface area contributed by atoms with Gasteiger partial charge in [-0.3, -0.25) is 14.4 Å². The first-order valence-electron chi connectivity index (χ1n) is 11.2. The van der Waals surface area contributed by atoms with E-state index < -0.39 is 5.97 Å². The molecule has 1 atom stereocenters. The maximum atomic E-state index is 13.6. The molecule has 1 aromatic heterocycles. The van der Waals surface area contributed by atoms with Crippen molar-refractivity contribution in [2.75, 3.05) is 24.8 Å². The number of fused-ring (bicyclic) bond motifs is 1. The van der Waals surface area contributed by atoms with Crippen molar-refractivity contribution in [3.8, 4) is 0 Å². The SMILES string of the molecule is Cc1c(N2CC=CCO2)nc2ccc(Br)cc2c1C(=O)NCC(CCC(=O)O)c1ccccc1Cl.